The maximum Gasteiger partial charge on any atom is 0.213 e. The highest BCUT2D eigenvalue weighted by Crippen LogP contribution is 2.24. The first kappa shape index (κ1) is 13.9. The van der Waals surface area contributed by atoms with Crippen molar-refractivity contribution < 1.29 is 13.9 Å². The van der Waals surface area contributed by atoms with Crippen molar-refractivity contribution in [3.05, 3.63) is 60.2 Å². The van der Waals surface area contributed by atoms with Crippen LogP contribution in [0.5, 0.6) is 5.88 Å². The third-order valence-corrected chi connectivity index (χ3v) is 3.16. The summed E-state index contributed by atoms with van der Waals surface area (Å²) < 4.78 is 19.7. The second kappa shape index (κ2) is 5.77. The van der Waals surface area contributed by atoms with Gasteiger partial charge in [0, 0.05) is 11.6 Å². The number of hydrogen-bond donors (Lipinski definition) is 0. The lowest BCUT2D eigenvalue weighted by Gasteiger charge is -2.08. The molecule has 0 N–H and O–H groups in total. The van der Waals surface area contributed by atoms with Crippen LogP contribution in [0.1, 0.15) is 10.5 Å². The van der Waals surface area contributed by atoms with Gasteiger partial charge in [-0.15, -0.1) is 0 Å². The molecule has 0 aliphatic heterocycles. The van der Waals surface area contributed by atoms with Crippen LogP contribution in [0.3, 0.4) is 0 Å². The van der Waals surface area contributed by atoms with Crippen molar-refractivity contribution in [3.8, 4) is 22.8 Å². The Morgan fingerprint density at radius 3 is 2.55 bits per heavy atom. The van der Waals surface area contributed by atoms with Crippen molar-refractivity contribution in [1.29, 1.82) is 0 Å². The molecule has 0 bridgehead atoms. The average Bonchev–Trinajstić information content (AvgIpc) is 3.00. The zero-order valence-corrected chi connectivity index (χ0v) is 11.7. The van der Waals surface area contributed by atoms with E-state index in [9.17, 15) is 9.18 Å². The largest absolute Gasteiger partial charge is 0.481 e. The van der Waals surface area contributed by atoms with Crippen LogP contribution >= 0.6 is 0 Å². The number of nitrogens with zero attached hydrogens (tertiary/aromatic N) is 3. The summed E-state index contributed by atoms with van der Waals surface area (Å²) in [6, 6.07) is 11.1. The minimum absolute atomic E-state index is 0.287. The van der Waals surface area contributed by atoms with Gasteiger partial charge in [-0.2, -0.15) is 5.10 Å². The third-order valence-electron chi connectivity index (χ3n) is 3.16. The van der Waals surface area contributed by atoms with E-state index in [4.69, 9.17) is 4.74 Å². The Bertz CT molecular complexity index is 795. The Morgan fingerprint density at radius 1 is 1.18 bits per heavy atom. The average molecular weight is 297 g/mol. The summed E-state index contributed by atoms with van der Waals surface area (Å²) >= 11 is 0. The fourth-order valence-corrected chi connectivity index (χ4v) is 2.10. The van der Waals surface area contributed by atoms with E-state index < -0.39 is 0 Å². The van der Waals surface area contributed by atoms with Gasteiger partial charge in [-0.1, -0.05) is 0 Å². The van der Waals surface area contributed by atoms with Crippen LogP contribution in [0.25, 0.3) is 16.9 Å². The summed E-state index contributed by atoms with van der Waals surface area (Å²) in [5.74, 6) is 0.159. The van der Waals surface area contributed by atoms with E-state index in [1.807, 2.05) is 0 Å². The first-order valence-corrected chi connectivity index (χ1v) is 6.53. The van der Waals surface area contributed by atoms with Gasteiger partial charge in [0.1, 0.15) is 11.5 Å². The number of rotatable bonds is 4. The molecule has 0 atom stereocenters. The number of methoxy groups -OCH3 is 1. The summed E-state index contributed by atoms with van der Waals surface area (Å²) in [6.07, 6.45) is 2.26. The number of aldehydes is 1. The van der Waals surface area contributed by atoms with Crippen LogP contribution in [0.4, 0.5) is 4.39 Å². The summed E-state index contributed by atoms with van der Waals surface area (Å²) in [4.78, 5) is 15.1. The van der Waals surface area contributed by atoms with E-state index in [1.54, 1.807) is 41.2 Å². The van der Waals surface area contributed by atoms with Gasteiger partial charge in [0.15, 0.2) is 6.29 Å². The number of aromatic nitrogens is 3. The molecule has 3 aromatic rings. The molecule has 0 saturated carbocycles. The van der Waals surface area contributed by atoms with Crippen molar-refractivity contribution in [2.24, 2.45) is 0 Å². The molecule has 0 saturated heterocycles. The molecule has 5 nitrogen and oxygen atoms in total. The highest BCUT2D eigenvalue weighted by Gasteiger charge is 2.12. The smallest absolute Gasteiger partial charge is 0.213 e. The van der Waals surface area contributed by atoms with Crippen LogP contribution in [-0.2, 0) is 0 Å². The Hall–Kier alpha value is -3.02. The Morgan fingerprint density at radius 2 is 1.95 bits per heavy atom. The van der Waals surface area contributed by atoms with Crippen molar-refractivity contribution in [3.63, 3.8) is 0 Å². The van der Waals surface area contributed by atoms with Gasteiger partial charge in [-0.25, -0.2) is 14.1 Å². The SMILES string of the molecule is COc1ccc(-n2nc(C=O)cc2-c2ccc(F)cc2)cn1. The molecule has 0 aliphatic rings. The fourth-order valence-electron chi connectivity index (χ4n) is 2.10. The maximum atomic E-state index is 13.1. The first-order chi connectivity index (χ1) is 10.7. The molecule has 0 aliphatic carbocycles. The van der Waals surface area contributed by atoms with Crippen LogP contribution in [0, 0.1) is 5.82 Å². The molecule has 6 heteroatoms. The third kappa shape index (κ3) is 2.58. The standard InChI is InChI=1S/C16H12FN3O2/c1-22-16-7-6-14(9-18-16)20-15(8-13(10-21)19-20)11-2-4-12(17)5-3-11/h2-10H,1H3. The summed E-state index contributed by atoms with van der Waals surface area (Å²) in [7, 11) is 1.53. The van der Waals surface area contributed by atoms with Gasteiger partial charge in [0.2, 0.25) is 5.88 Å². The van der Waals surface area contributed by atoms with Gasteiger partial charge in [0.25, 0.3) is 0 Å². The Balaban J connectivity index is 2.11. The molecule has 0 radical (unpaired) electrons. The molecule has 0 unspecified atom stereocenters. The van der Waals surface area contributed by atoms with Crippen LogP contribution in [0.2, 0.25) is 0 Å². The van der Waals surface area contributed by atoms with Crippen LogP contribution < -0.4 is 4.74 Å². The normalized spacial score (nSPS) is 10.5. The van der Waals surface area contributed by atoms with Gasteiger partial charge in [0.05, 0.1) is 24.7 Å². The second-order valence-electron chi connectivity index (χ2n) is 4.55. The molecular weight excluding hydrogens is 285 g/mol. The van der Waals surface area contributed by atoms with Crippen molar-refractivity contribution in [2.45, 2.75) is 0 Å². The molecule has 22 heavy (non-hydrogen) atoms. The minimum atomic E-state index is -0.323. The first-order valence-electron chi connectivity index (χ1n) is 6.53. The highest BCUT2D eigenvalue weighted by atomic mass is 19.1. The molecule has 0 fully saturated rings. The molecular formula is C16H12FN3O2. The van der Waals surface area contributed by atoms with Gasteiger partial charge >= 0.3 is 0 Å². The zero-order chi connectivity index (χ0) is 15.5. The predicted octanol–water partition coefficient (Wildman–Crippen LogP) is 2.89. The predicted molar refractivity (Wildman–Crippen MR) is 78.7 cm³/mol. The molecule has 3 rings (SSSR count). The lowest BCUT2D eigenvalue weighted by atomic mass is 10.1. The molecule has 110 valence electrons. The molecule has 0 amide bonds. The van der Waals surface area contributed by atoms with E-state index in [0.29, 0.717) is 23.5 Å². The summed E-state index contributed by atoms with van der Waals surface area (Å²) in [5, 5.41) is 4.23. The number of hydrogen-bond acceptors (Lipinski definition) is 4. The lowest BCUT2D eigenvalue weighted by molar-refractivity contribution is 0.111. The Kier molecular flexibility index (Phi) is 3.65. The topological polar surface area (TPSA) is 57.0 Å². The van der Waals surface area contributed by atoms with E-state index in [2.05, 4.69) is 10.1 Å². The number of carbonyl (C=O) groups excluding carboxylic acids is 1. The number of pyridine rings is 1. The van der Waals surface area contributed by atoms with E-state index in [1.165, 1.54) is 19.2 Å². The molecule has 0 spiro atoms. The molecule has 1 aromatic carbocycles. The number of benzene rings is 1. The maximum absolute atomic E-state index is 13.1. The highest BCUT2D eigenvalue weighted by molar-refractivity contribution is 5.76. The molecule has 2 aromatic heterocycles. The van der Waals surface area contributed by atoms with E-state index >= 15 is 0 Å². The van der Waals surface area contributed by atoms with E-state index in [-0.39, 0.29) is 11.5 Å². The van der Waals surface area contributed by atoms with Crippen LogP contribution in [-0.4, -0.2) is 28.2 Å². The molecule has 2 heterocycles. The van der Waals surface area contributed by atoms with E-state index in [0.717, 1.165) is 5.56 Å². The van der Waals surface area contributed by atoms with Gasteiger partial charge in [-0.05, 0) is 36.4 Å². The number of halogens is 1. The zero-order valence-electron chi connectivity index (χ0n) is 11.7. The Labute approximate surface area is 126 Å². The monoisotopic (exact) mass is 297 g/mol. The minimum Gasteiger partial charge on any atom is -0.481 e. The number of ether oxygens (including phenoxy) is 1. The van der Waals surface area contributed by atoms with Crippen molar-refractivity contribution in [1.82, 2.24) is 14.8 Å². The number of carbonyl (C=O) groups is 1. The van der Waals surface area contributed by atoms with Gasteiger partial charge in [-0.3, -0.25) is 4.79 Å². The quantitative estimate of drug-likeness (QED) is 0.695. The van der Waals surface area contributed by atoms with Crippen LogP contribution in [0.15, 0.2) is 48.7 Å². The lowest BCUT2D eigenvalue weighted by Crippen LogP contribution is -2.01. The fraction of sp³-hybridized carbons (Fsp3) is 0.0625. The van der Waals surface area contributed by atoms with Crippen molar-refractivity contribution in [2.75, 3.05) is 7.11 Å². The summed E-state index contributed by atoms with van der Waals surface area (Å²) in [5.41, 5.74) is 2.38. The second-order valence-corrected chi connectivity index (χ2v) is 4.55. The van der Waals surface area contributed by atoms with Crippen molar-refractivity contribution >= 4 is 6.29 Å². The summed E-state index contributed by atoms with van der Waals surface area (Å²) in [6.45, 7) is 0. The van der Waals surface area contributed by atoms with Gasteiger partial charge < -0.3 is 4.74 Å².